The van der Waals surface area contributed by atoms with Gasteiger partial charge >= 0.3 is 0 Å². The number of hydrogen-bond donors (Lipinski definition) is 0. The third-order valence-electron chi connectivity index (χ3n) is 1.29. The van der Waals surface area contributed by atoms with Crippen molar-refractivity contribution in [1.82, 2.24) is 0 Å². The molecule has 0 aliphatic heterocycles. The number of ketones is 1. The van der Waals surface area contributed by atoms with Crippen LogP contribution >= 0.6 is 0 Å². The van der Waals surface area contributed by atoms with Gasteiger partial charge in [-0.15, -0.1) is 0 Å². The fourth-order valence-corrected chi connectivity index (χ4v) is 0.634. The van der Waals surface area contributed by atoms with E-state index >= 15 is 0 Å². The van der Waals surface area contributed by atoms with Crippen molar-refractivity contribution in [3.63, 3.8) is 0 Å². The SMILES string of the molecule is C=C1CC1C(C)=O. The summed E-state index contributed by atoms with van der Waals surface area (Å²) in [6.07, 6.45) is 0.940. The van der Waals surface area contributed by atoms with Crippen molar-refractivity contribution < 1.29 is 4.79 Å². The zero-order chi connectivity index (χ0) is 5.44. The highest BCUT2D eigenvalue weighted by atomic mass is 16.1. The minimum atomic E-state index is 0.236. The Bertz CT molecular complexity index is 124. The largest absolute Gasteiger partial charge is 0.299 e. The molecule has 0 aromatic rings. The van der Waals surface area contributed by atoms with Crippen molar-refractivity contribution in [2.24, 2.45) is 5.92 Å². The van der Waals surface area contributed by atoms with Gasteiger partial charge in [-0.2, -0.15) is 0 Å². The van der Waals surface area contributed by atoms with Crippen molar-refractivity contribution in [3.05, 3.63) is 12.2 Å². The normalized spacial score (nSPS) is 27.6. The third kappa shape index (κ3) is 0.710. The molecule has 1 unspecified atom stereocenters. The van der Waals surface area contributed by atoms with Crippen molar-refractivity contribution >= 4 is 5.78 Å². The van der Waals surface area contributed by atoms with Gasteiger partial charge < -0.3 is 0 Å². The van der Waals surface area contributed by atoms with Gasteiger partial charge in [0.15, 0.2) is 0 Å². The Labute approximate surface area is 43.0 Å². The van der Waals surface area contributed by atoms with Crippen LogP contribution < -0.4 is 0 Å². The maximum Gasteiger partial charge on any atom is 0.137 e. The summed E-state index contributed by atoms with van der Waals surface area (Å²) in [6.45, 7) is 5.26. The average Bonchev–Trinajstić information content (AvgIpc) is 2.17. The highest BCUT2D eigenvalue weighted by molar-refractivity contribution is 5.85. The predicted octanol–water partition coefficient (Wildman–Crippen LogP) is 1.15. The first-order valence-electron chi connectivity index (χ1n) is 2.40. The molecule has 0 aromatic heterocycles. The fourth-order valence-electron chi connectivity index (χ4n) is 0.634. The van der Waals surface area contributed by atoms with Gasteiger partial charge in [-0.1, -0.05) is 12.2 Å². The molecule has 1 heteroatoms. The summed E-state index contributed by atoms with van der Waals surface area (Å²) in [5, 5.41) is 0. The van der Waals surface area contributed by atoms with E-state index in [-0.39, 0.29) is 11.7 Å². The van der Waals surface area contributed by atoms with Gasteiger partial charge in [0.25, 0.3) is 0 Å². The van der Waals surface area contributed by atoms with E-state index in [0.717, 1.165) is 12.0 Å². The summed E-state index contributed by atoms with van der Waals surface area (Å²) in [5.41, 5.74) is 1.10. The van der Waals surface area contributed by atoms with E-state index < -0.39 is 0 Å². The van der Waals surface area contributed by atoms with Crippen LogP contribution in [0.1, 0.15) is 13.3 Å². The molecule has 1 fully saturated rings. The van der Waals surface area contributed by atoms with Gasteiger partial charge in [-0.25, -0.2) is 0 Å². The Balaban J connectivity index is 2.48. The molecule has 0 heterocycles. The molecule has 1 rings (SSSR count). The van der Waals surface area contributed by atoms with E-state index in [1.54, 1.807) is 6.92 Å². The summed E-state index contributed by atoms with van der Waals surface area (Å²) < 4.78 is 0. The molecular weight excluding hydrogens is 88.1 g/mol. The van der Waals surface area contributed by atoms with E-state index in [0.29, 0.717) is 0 Å². The summed E-state index contributed by atoms with van der Waals surface area (Å²) in [7, 11) is 0. The highest BCUT2D eigenvalue weighted by Crippen LogP contribution is 2.35. The van der Waals surface area contributed by atoms with Crippen LogP contribution in [-0.2, 0) is 4.79 Å². The van der Waals surface area contributed by atoms with Crippen molar-refractivity contribution in [2.45, 2.75) is 13.3 Å². The number of rotatable bonds is 1. The third-order valence-corrected chi connectivity index (χ3v) is 1.29. The van der Waals surface area contributed by atoms with Crippen LogP contribution in [0.3, 0.4) is 0 Å². The topological polar surface area (TPSA) is 17.1 Å². The predicted molar refractivity (Wildman–Crippen MR) is 27.9 cm³/mol. The van der Waals surface area contributed by atoms with E-state index in [2.05, 4.69) is 6.58 Å². The fraction of sp³-hybridized carbons (Fsp3) is 0.500. The quantitative estimate of drug-likeness (QED) is 0.447. The number of carbonyl (C=O) groups is 1. The maximum absolute atomic E-state index is 10.4. The number of Topliss-reactive ketones (excluding diaryl/α,β-unsaturated/α-hetero) is 1. The van der Waals surface area contributed by atoms with Gasteiger partial charge in [-0.3, -0.25) is 4.79 Å². The Kier molecular flexibility index (Phi) is 0.775. The van der Waals surface area contributed by atoms with E-state index in [4.69, 9.17) is 0 Å². The van der Waals surface area contributed by atoms with Gasteiger partial charge in [0.1, 0.15) is 5.78 Å². The summed E-state index contributed by atoms with van der Waals surface area (Å²) >= 11 is 0. The molecule has 7 heavy (non-hydrogen) atoms. The van der Waals surface area contributed by atoms with Gasteiger partial charge in [0.2, 0.25) is 0 Å². The van der Waals surface area contributed by atoms with Crippen LogP contribution in [0.4, 0.5) is 0 Å². The second-order valence-electron chi connectivity index (χ2n) is 2.03. The standard InChI is InChI=1S/C6H8O/c1-4-3-6(4)5(2)7/h6H,1,3H2,2H3. The molecule has 1 nitrogen and oxygen atoms in total. The first kappa shape index (κ1) is 4.57. The molecule has 0 amide bonds. The monoisotopic (exact) mass is 96.1 g/mol. The lowest BCUT2D eigenvalue weighted by atomic mass is 10.3. The first-order valence-corrected chi connectivity index (χ1v) is 2.40. The van der Waals surface area contributed by atoms with E-state index in [9.17, 15) is 4.79 Å². The van der Waals surface area contributed by atoms with Crippen LogP contribution in [0.2, 0.25) is 0 Å². The van der Waals surface area contributed by atoms with Gasteiger partial charge in [-0.05, 0) is 13.3 Å². The van der Waals surface area contributed by atoms with E-state index in [1.807, 2.05) is 0 Å². The lowest BCUT2D eigenvalue weighted by molar-refractivity contribution is -0.117. The Hall–Kier alpha value is -0.590. The Morgan fingerprint density at radius 1 is 2.00 bits per heavy atom. The minimum Gasteiger partial charge on any atom is -0.299 e. The van der Waals surface area contributed by atoms with Crippen molar-refractivity contribution in [3.8, 4) is 0 Å². The lowest BCUT2D eigenvalue weighted by Crippen LogP contribution is -1.89. The van der Waals surface area contributed by atoms with Crippen LogP contribution in [0.25, 0.3) is 0 Å². The molecule has 1 saturated carbocycles. The molecule has 0 radical (unpaired) electrons. The zero-order valence-electron chi connectivity index (χ0n) is 4.40. The number of hydrogen-bond acceptors (Lipinski definition) is 1. The van der Waals surface area contributed by atoms with Crippen LogP contribution in [0, 0.1) is 5.92 Å². The molecule has 0 aromatic carbocycles. The summed E-state index contributed by atoms with van der Waals surface area (Å²) in [5.74, 6) is 0.505. The molecule has 0 saturated heterocycles. The Morgan fingerprint density at radius 3 is 2.43 bits per heavy atom. The van der Waals surface area contributed by atoms with Crippen molar-refractivity contribution in [1.29, 1.82) is 0 Å². The lowest BCUT2D eigenvalue weighted by Gasteiger charge is -1.76. The highest BCUT2D eigenvalue weighted by Gasteiger charge is 2.31. The molecule has 0 bridgehead atoms. The van der Waals surface area contributed by atoms with Gasteiger partial charge in [0, 0.05) is 5.92 Å². The van der Waals surface area contributed by atoms with Crippen LogP contribution in [0.5, 0.6) is 0 Å². The molecule has 0 spiro atoms. The molecule has 38 valence electrons. The minimum absolute atomic E-state index is 0.236. The Morgan fingerprint density at radius 2 is 2.43 bits per heavy atom. The van der Waals surface area contributed by atoms with Crippen molar-refractivity contribution in [2.75, 3.05) is 0 Å². The summed E-state index contributed by atoms with van der Waals surface area (Å²) in [4.78, 5) is 10.4. The second kappa shape index (κ2) is 1.19. The molecular formula is C6H8O. The first-order chi connectivity index (χ1) is 3.22. The molecule has 1 atom stereocenters. The smallest absolute Gasteiger partial charge is 0.137 e. The molecule has 1 aliphatic carbocycles. The number of carbonyl (C=O) groups excluding carboxylic acids is 1. The van der Waals surface area contributed by atoms with Crippen LogP contribution in [0.15, 0.2) is 12.2 Å². The summed E-state index contributed by atoms with van der Waals surface area (Å²) in [6, 6.07) is 0. The van der Waals surface area contributed by atoms with E-state index in [1.165, 1.54) is 0 Å². The zero-order valence-corrected chi connectivity index (χ0v) is 4.40. The molecule has 0 N–H and O–H groups in total. The second-order valence-corrected chi connectivity index (χ2v) is 2.03. The van der Waals surface area contributed by atoms with Gasteiger partial charge in [0.05, 0.1) is 0 Å². The van der Waals surface area contributed by atoms with Crippen LogP contribution in [-0.4, -0.2) is 5.78 Å². The molecule has 1 aliphatic rings. The average molecular weight is 96.1 g/mol. The number of allylic oxidation sites excluding steroid dienone is 1. The maximum atomic E-state index is 10.4.